The van der Waals surface area contributed by atoms with Gasteiger partial charge in [0.2, 0.25) is 0 Å². The van der Waals surface area contributed by atoms with E-state index in [1.807, 2.05) is 30.4 Å². The van der Waals surface area contributed by atoms with Gasteiger partial charge in [-0.1, -0.05) is 6.42 Å². The summed E-state index contributed by atoms with van der Waals surface area (Å²) in [5, 5.41) is 8.84. The van der Waals surface area contributed by atoms with Crippen LogP contribution in [-0.2, 0) is 13.6 Å². The molecule has 16 heavy (non-hydrogen) atoms. The Bertz CT molecular complexity index is 348. The van der Waals surface area contributed by atoms with Crippen molar-refractivity contribution in [1.29, 1.82) is 0 Å². The van der Waals surface area contributed by atoms with E-state index in [0.717, 1.165) is 17.5 Å². The van der Waals surface area contributed by atoms with Crippen molar-refractivity contribution in [3.63, 3.8) is 0 Å². The number of nitrogens with one attached hydrogen (secondary N) is 1. The average molecular weight is 239 g/mol. The van der Waals surface area contributed by atoms with Gasteiger partial charge in [-0.15, -0.1) is 0 Å². The summed E-state index contributed by atoms with van der Waals surface area (Å²) in [5.41, 5.74) is 2.39. The van der Waals surface area contributed by atoms with Gasteiger partial charge in [0.1, 0.15) is 0 Å². The van der Waals surface area contributed by atoms with Crippen molar-refractivity contribution >= 4 is 11.8 Å². The number of aryl methyl sites for hydroxylation is 2. The highest BCUT2D eigenvalue weighted by atomic mass is 32.2. The summed E-state index contributed by atoms with van der Waals surface area (Å²) >= 11 is 2.00. The van der Waals surface area contributed by atoms with Crippen LogP contribution in [0.1, 0.15) is 30.7 Å². The Morgan fingerprint density at radius 3 is 3.00 bits per heavy atom. The molecule has 1 aromatic heterocycles. The number of hydrogen-bond acceptors (Lipinski definition) is 3. The third kappa shape index (κ3) is 2.61. The van der Waals surface area contributed by atoms with E-state index in [-0.39, 0.29) is 0 Å². The molecule has 0 spiro atoms. The Morgan fingerprint density at radius 1 is 1.56 bits per heavy atom. The molecule has 2 unspecified atom stereocenters. The first kappa shape index (κ1) is 12.0. The molecule has 0 amide bonds. The fourth-order valence-corrected chi connectivity index (χ4v) is 3.47. The van der Waals surface area contributed by atoms with Crippen LogP contribution in [0.5, 0.6) is 0 Å². The number of rotatable bonds is 4. The Hall–Kier alpha value is -0.480. The quantitative estimate of drug-likeness (QED) is 0.872. The standard InChI is InChI=1S/C12H21N3S/c1-9-7-10(15(2)14-9)8-13-11-5-4-6-12(11)16-3/h7,11-13H,4-6,8H2,1-3H3. The van der Waals surface area contributed by atoms with Gasteiger partial charge in [-0.2, -0.15) is 16.9 Å². The van der Waals surface area contributed by atoms with Crippen LogP contribution in [0.3, 0.4) is 0 Å². The van der Waals surface area contributed by atoms with E-state index in [0.29, 0.717) is 6.04 Å². The monoisotopic (exact) mass is 239 g/mol. The van der Waals surface area contributed by atoms with E-state index in [9.17, 15) is 0 Å². The van der Waals surface area contributed by atoms with Crippen molar-refractivity contribution in [3.05, 3.63) is 17.5 Å². The van der Waals surface area contributed by atoms with Crippen LogP contribution >= 0.6 is 11.8 Å². The molecule has 1 aliphatic carbocycles. The van der Waals surface area contributed by atoms with E-state index in [4.69, 9.17) is 0 Å². The Balaban J connectivity index is 1.89. The zero-order valence-electron chi connectivity index (χ0n) is 10.4. The van der Waals surface area contributed by atoms with Crippen LogP contribution in [0.15, 0.2) is 6.07 Å². The number of hydrogen-bond donors (Lipinski definition) is 1. The summed E-state index contributed by atoms with van der Waals surface area (Å²) in [5.74, 6) is 0. The molecule has 1 aliphatic rings. The smallest absolute Gasteiger partial charge is 0.0597 e. The van der Waals surface area contributed by atoms with E-state index >= 15 is 0 Å². The second-order valence-corrected chi connectivity index (χ2v) is 5.67. The number of nitrogens with zero attached hydrogens (tertiary/aromatic N) is 2. The summed E-state index contributed by atoms with van der Waals surface area (Å²) in [6, 6.07) is 2.85. The third-order valence-corrected chi connectivity index (χ3v) is 4.57. The SMILES string of the molecule is CSC1CCCC1NCc1cc(C)nn1C. The highest BCUT2D eigenvalue weighted by Gasteiger charge is 2.25. The maximum Gasteiger partial charge on any atom is 0.0597 e. The van der Waals surface area contributed by atoms with Crippen molar-refractivity contribution in [2.24, 2.45) is 7.05 Å². The molecule has 0 saturated heterocycles. The molecule has 3 nitrogen and oxygen atoms in total. The second kappa shape index (κ2) is 5.23. The molecule has 1 fully saturated rings. The molecule has 0 aromatic carbocycles. The first-order valence-corrected chi connectivity index (χ1v) is 7.25. The molecule has 1 aromatic rings. The van der Waals surface area contributed by atoms with Crippen molar-refractivity contribution in [2.75, 3.05) is 6.26 Å². The molecule has 0 radical (unpaired) electrons. The van der Waals surface area contributed by atoms with E-state index in [1.54, 1.807) is 0 Å². The Morgan fingerprint density at radius 2 is 2.38 bits per heavy atom. The first-order chi connectivity index (χ1) is 7.70. The van der Waals surface area contributed by atoms with Gasteiger partial charge in [-0.05, 0) is 32.1 Å². The number of aromatic nitrogens is 2. The Labute approximate surface area is 102 Å². The highest BCUT2D eigenvalue weighted by molar-refractivity contribution is 7.99. The molecule has 2 atom stereocenters. The summed E-state index contributed by atoms with van der Waals surface area (Å²) in [6.07, 6.45) is 6.28. The zero-order valence-corrected chi connectivity index (χ0v) is 11.2. The van der Waals surface area contributed by atoms with Crippen molar-refractivity contribution in [2.45, 2.75) is 44.0 Å². The van der Waals surface area contributed by atoms with Crippen LogP contribution < -0.4 is 5.32 Å². The minimum Gasteiger partial charge on any atom is -0.307 e. The largest absolute Gasteiger partial charge is 0.307 e. The predicted octanol–water partition coefficient (Wildman–Crippen LogP) is 2.10. The second-order valence-electron chi connectivity index (χ2n) is 4.59. The van der Waals surface area contributed by atoms with Crippen LogP contribution in [0.25, 0.3) is 0 Å². The molecule has 1 heterocycles. The average Bonchev–Trinajstić information content (AvgIpc) is 2.81. The topological polar surface area (TPSA) is 29.9 Å². The first-order valence-electron chi connectivity index (χ1n) is 5.96. The van der Waals surface area contributed by atoms with E-state index < -0.39 is 0 Å². The number of thioether (sulfide) groups is 1. The highest BCUT2D eigenvalue weighted by Crippen LogP contribution is 2.28. The fraction of sp³-hybridized carbons (Fsp3) is 0.750. The molecule has 1 saturated carbocycles. The maximum absolute atomic E-state index is 4.37. The lowest BCUT2D eigenvalue weighted by Gasteiger charge is -2.19. The molecule has 90 valence electrons. The normalized spacial score (nSPS) is 25.2. The van der Waals surface area contributed by atoms with Crippen LogP contribution in [0.4, 0.5) is 0 Å². The van der Waals surface area contributed by atoms with Crippen LogP contribution in [0.2, 0.25) is 0 Å². The molecule has 4 heteroatoms. The molecule has 0 bridgehead atoms. The lowest BCUT2D eigenvalue weighted by atomic mass is 10.2. The van der Waals surface area contributed by atoms with Gasteiger partial charge in [0.05, 0.1) is 11.4 Å². The van der Waals surface area contributed by atoms with Crippen LogP contribution in [0, 0.1) is 6.92 Å². The lowest BCUT2D eigenvalue weighted by molar-refractivity contribution is 0.514. The minimum absolute atomic E-state index is 0.685. The van der Waals surface area contributed by atoms with Crippen molar-refractivity contribution < 1.29 is 0 Å². The molecule has 2 rings (SSSR count). The Kier molecular flexibility index (Phi) is 3.92. The zero-order chi connectivity index (χ0) is 11.5. The van der Waals surface area contributed by atoms with Gasteiger partial charge in [-0.25, -0.2) is 0 Å². The molecule has 1 N–H and O–H groups in total. The van der Waals surface area contributed by atoms with Gasteiger partial charge >= 0.3 is 0 Å². The van der Waals surface area contributed by atoms with Crippen molar-refractivity contribution in [3.8, 4) is 0 Å². The summed E-state index contributed by atoms with van der Waals surface area (Å²) in [7, 11) is 2.02. The summed E-state index contributed by atoms with van der Waals surface area (Å²) in [4.78, 5) is 0. The van der Waals surface area contributed by atoms with E-state index in [2.05, 4.69) is 22.7 Å². The van der Waals surface area contributed by atoms with Gasteiger partial charge in [0, 0.05) is 24.9 Å². The molecular weight excluding hydrogens is 218 g/mol. The predicted molar refractivity (Wildman–Crippen MR) is 69.7 cm³/mol. The summed E-state index contributed by atoms with van der Waals surface area (Å²) < 4.78 is 1.98. The van der Waals surface area contributed by atoms with E-state index in [1.165, 1.54) is 25.0 Å². The molecular formula is C12H21N3S. The van der Waals surface area contributed by atoms with Gasteiger partial charge in [0.25, 0.3) is 0 Å². The van der Waals surface area contributed by atoms with Crippen molar-refractivity contribution in [1.82, 2.24) is 15.1 Å². The van der Waals surface area contributed by atoms with Crippen LogP contribution in [-0.4, -0.2) is 27.3 Å². The summed E-state index contributed by atoms with van der Waals surface area (Å²) in [6.45, 7) is 2.99. The minimum atomic E-state index is 0.685. The maximum atomic E-state index is 4.37. The lowest BCUT2D eigenvalue weighted by Crippen LogP contribution is -2.33. The van der Waals surface area contributed by atoms with Gasteiger partial charge < -0.3 is 5.32 Å². The molecule has 0 aliphatic heterocycles. The van der Waals surface area contributed by atoms with Gasteiger partial charge in [0.15, 0.2) is 0 Å². The third-order valence-electron chi connectivity index (χ3n) is 3.40. The van der Waals surface area contributed by atoms with Gasteiger partial charge in [-0.3, -0.25) is 4.68 Å². The fourth-order valence-electron chi connectivity index (χ4n) is 2.51.